The van der Waals surface area contributed by atoms with Gasteiger partial charge in [-0.25, -0.2) is 9.59 Å². The molecule has 4 N–H and O–H groups in total. The summed E-state index contributed by atoms with van der Waals surface area (Å²) in [5, 5.41) is 18.3. The average molecular weight is 590 g/mol. The van der Waals surface area contributed by atoms with E-state index in [9.17, 15) is 19.5 Å². The number of rotatable bonds is 8. The van der Waals surface area contributed by atoms with E-state index in [0.717, 1.165) is 0 Å². The molecule has 43 heavy (non-hydrogen) atoms. The number of nitrogens with one attached hydrogen (secondary N) is 3. The Bertz CT molecular complexity index is 1400. The van der Waals surface area contributed by atoms with E-state index in [0.29, 0.717) is 40.7 Å². The standard InChI is InChI=1S/C32H39N5O6/c1-21-18-37(22(2)20-38)30(39)17-23-16-26(34-31(40)33-25-10-13-27(42-4)14-11-25)12-15-28(23)43-29(21)19-36(3)32(41)35-24-8-6-5-7-9-24/h5-16,21-22,29,38H,17-20H2,1-4H3,(H,35,41)(H2,33,34,40)/t21-,22+,29+/m1/s1. The number of ether oxygens (including phenoxy) is 2. The van der Waals surface area contributed by atoms with Crippen molar-refractivity contribution in [3.63, 3.8) is 0 Å². The number of hydrogen-bond donors (Lipinski definition) is 4. The lowest BCUT2D eigenvalue weighted by molar-refractivity contribution is -0.134. The minimum absolute atomic E-state index is 0.0130. The Hall–Kier alpha value is -4.77. The van der Waals surface area contributed by atoms with Crippen molar-refractivity contribution in [2.75, 3.05) is 49.8 Å². The minimum Gasteiger partial charge on any atom is -0.497 e. The number of carbonyl (C=O) groups excluding carboxylic acids is 3. The summed E-state index contributed by atoms with van der Waals surface area (Å²) >= 11 is 0. The quantitative estimate of drug-likeness (QED) is 0.302. The summed E-state index contributed by atoms with van der Waals surface area (Å²) in [6.45, 7) is 4.15. The van der Waals surface area contributed by atoms with E-state index in [1.165, 1.54) is 0 Å². The molecule has 11 nitrogen and oxygen atoms in total. The SMILES string of the molecule is COc1ccc(NC(=O)Nc2ccc3c(c2)CC(=O)N([C@@H](C)CO)C[C@@H](C)[C@H](CN(C)C(=O)Nc2ccccc2)O3)cc1. The largest absolute Gasteiger partial charge is 0.497 e. The molecular formula is C32H39N5O6. The molecule has 228 valence electrons. The van der Waals surface area contributed by atoms with Crippen LogP contribution in [0.1, 0.15) is 19.4 Å². The van der Waals surface area contributed by atoms with Crippen LogP contribution in [-0.4, -0.2) is 78.9 Å². The van der Waals surface area contributed by atoms with Crippen LogP contribution in [0.3, 0.4) is 0 Å². The first-order valence-corrected chi connectivity index (χ1v) is 14.2. The number of likely N-dealkylation sites (N-methyl/N-ethyl adjacent to an activating group) is 1. The van der Waals surface area contributed by atoms with E-state index in [1.807, 2.05) is 37.3 Å². The zero-order valence-electron chi connectivity index (χ0n) is 24.9. The maximum absolute atomic E-state index is 13.5. The molecule has 3 atom stereocenters. The van der Waals surface area contributed by atoms with Crippen molar-refractivity contribution in [1.29, 1.82) is 0 Å². The lowest BCUT2D eigenvalue weighted by Crippen LogP contribution is -2.48. The van der Waals surface area contributed by atoms with Crippen molar-refractivity contribution < 1.29 is 29.0 Å². The lowest BCUT2D eigenvalue weighted by Gasteiger charge is -2.34. The maximum atomic E-state index is 13.5. The summed E-state index contributed by atoms with van der Waals surface area (Å²) in [4.78, 5) is 42.3. The minimum atomic E-state index is -0.471. The Morgan fingerprint density at radius 3 is 2.35 bits per heavy atom. The van der Waals surface area contributed by atoms with Gasteiger partial charge in [-0.3, -0.25) is 4.79 Å². The molecule has 1 aliphatic rings. The topological polar surface area (TPSA) is 132 Å². The third-order valence-electron chi connectivity index (χ3n) is 7.35. The molecule has 0 aromatic heterocycles. The number of benzene rings is 3. The highest BCUT2D eigenvalue weighted by molar-refractivity contribution is 6.00. The predicted molar refractivity (Wildman–Crippen MR) is 166 cm³/mol. The number of anilines is 3. The normalized spacial score (nSPS) is 17.2. The summed E-state index contributed by atoms with van der Waals surface area (Å²) in [6.07, 6.45) is -0.458. The van der Waals surface area contributed by atoms with Crippen LogP contribution in [0.15, 0.2) is 72.8 Å². The first-order valence-electron chi connectivity index (χ1n) is 14.2. The molecule has 0 unspecified atom stereocenters. The summed E-state index contributed by atoms with van der Waals surface area (Å²) < 4.78 is 11.6. The number of para-hydroxylation sites is 1. The zero-order valence-corrected chi connectivity index (χ0v) is 24.9. The second kappa shape index (κ2) is 14.4. The Kier molecular flexibility index (Phi) is 10.4. The number of fused-ring (bicyclic) bond motifs is 1. The van der Waals surface area contributed by atoms with E-state index in [-0.39, 0.29) is 37.4 Å². The summed E-state index contributed by atoms with van der Waals surface area (Å²) in [5.41, 5.74) is 2.33. The second-order valence-electron chi connectivity index (χ2n) is 10.7. The number of urea groups is 2. The van der Waals surface area contributed by atoms with Crippen LogP contribution < -0.4 is 25.4 Å². The molecule has 3 aromatic rings. The fourth-order valence-corrected chi connectivity index (χ4v) is 4.79. The van der Waals surface area contributed by atoms with Gasteiger partial charge < -0.3 is 40.3 Å². The summed E-state index contributed by atoms with van der Waals surface area (Å²) in [6, 6.07) is 20.1. The molecule has 0 saturated carbocycles. The number of hydrogen-bond acceptors (Lipinski definition) is 6. The van der Waals surface area contributed by atoms with Crippen LogP contribution >= 0.6 is 0 Å². The first-order chi connectivity index (χ1) is 20.7. The summed E-state index contributed by atoms with van der Waals surface area (Å²) in [5.74, 6) is 0.813. The zero-order chi connectivity index (χ0) is 30.9. The number of aliphatic hydroxyl groups excluding tert-OH is 1. The molecule has 1 aliphatic heterocycles. The smallest absolute Gasteiger partial charge is 0.323 e. The first kappa shape index (κ1) is 31.2. The molecule has 0 spiro atoms. The van der Waals surface area contributed by atoms with Crippen molar-refractivity contribution >= 4 is 35.0 Å². The van der Waals surface area contributed by atoms with Crippen molar-refractivity contribution in [2.24, 2.45) is 5.92 Å². The summed E-state index contributed by atoms with van der Waals surface area (Å²) in [7, 11) is 3.26. The molecule has 5 amide bonds. The number of carbonyl (C=O) groups is 3. The van der Waals surface area contributed by atoms with Crippen molar-refractivity contribution in [2.45, 2.75) is 32.4 Å². The number of nitrogens with zero attached hydrogens (tertiary/aromatic N) is 2. The highest BCUT2D eigenvalue weighted by atomic mass is 16.5. The van der Waals surface area contributed by atoms with E-state index < -0.39 is 18.2 Å². The van der Waals surface area contributed by atoms with Crippen molar-refractivity contribution in [3.8, 4) is 11.5 Å². The Morgan fingerprint density at radius 1 is 1.02 bits per heavy atom. The van der Waals surface area contributed by atoms with Gasteiger partial charge in [0, 0.05) is 42.1 Å². The Balaban J connectivity index is 1.54. The highest BCUT2D eigenvalue weighted by Crippen LogP contribution is 2.29. The van der Waals surface area contributed by atoms with Crippen molar-refractivity contribution in [3.05, 3.63) is 78.4 Å². The molecule has 0 saturated heterocycles. The molecule has 1 heterocycles. The molecule has 0 aliphatic carbocycles. The number of aliphatic hydroxyl groups is 1. The van der Waals surface area contributed by atoms with E-state index in [4.69, 9.17) is 9.47 Å². The lowest BCUT2D eigenvalue weighted by atomic mass is 10.0. The monoisotopic (exact) mass is 589 g/mol. The highest BCUT2D eigenvalue weighted by Gasteiger charge is 2.32. The van der Waals surface area contributed by atoms with Gasteiger partial charge in [0.05, 0.1) is 32.7 Å². The molecule has 11 heteroatoms. The molecule has 4 rings (SSSR count). The van der Waals surface area contributed by atoms with Gasteiger partial charge >= 0.3 is 12.1 Å². The van der Waals surface area contributed by atoms with E-state index in [1.54, 1.807) is 73.3 Å². The Morgan fingerprint density at radius 2 is 1.67 bits per heavy atom. The van der Waals surface area contributed by atoms with Gasteiger partial charge in [0.1, 0.15) is 17.6 Å². The molecule has 3 aromatic carbocycles. The van der Waals surface area contributed by atoms with Crippen molar-refractivity contribution in [1.82, 2.24) is 9.80 Å². The van der Waals surface area contributed by atoms with Crippen LogP contribution in [-0.2, 0) is 11.2 Å². The van der Waals surface area contributed by atoms with Gasteiger partial charge in [-0.15, -0.1) is 0 Å². The second-order valence-corrected chi connectivity index (χ2v) is 10.7. The fraction of sp³-hybridized carbons (Fsp3) is 0.344. The third-order valence-corrected chi connectivity index (χ3v) is 7.35. The Labute approximate surface area is 251 Å². The van der Waals surface area contributed by atoms with Gasteiger partial charge in [0.25, 0.3) is 0 Å². The number of amides is 5. The third kappa shape index (κ3) is 8.39. The van der Waals surface area contributed by atoms with Crippen LogP contribution in [0.25, 0.3) is 0 Å². The van der Waals surface area contributed by atoms with Gasteiger partial charge in [-0.05, 0) is 61.5 Å². The van der Waals surface area contributed by atoms with Crippen LogP contribution in [0, 0.1) is 5.92 Å². The van der Waals surface area contributed by atoms with E-state index in [2.05, 4.69) is 16.0 Å². The van der Waals surface area contributed by atoms with E-state index >= 15 is 0 Å². The number of methoxy groups -OCH3 is 1. The molecule has 0 fully saturated rings. The molecular weight excluding hydrogens is 550 g/mol. The van der Waals surface area contributed by atoms with Gasteiger partial charge in [-0.2, -0.15) is 0 Å². The van der Waals surface area contributed by atoms with Gasteiger partial charge in [0.2, 0.25) is 5.91 Å². The maximum Gasteiger partial charge on any atom is 0.323 e. The van der Waals surface area contributed by atoms with Crippen LogP contribution in [0.5, 0.6) is 11.5 Å². The average Bonchev–Trinajstić information content (AvgIpc) is 3.04. The van der Waals surface area contributed by atoms with Gasteiger partial charge in [-0.1, -0.05) is 25.1 Å². The molecule has 0 radical (unpaired) electrons. The van der Waals surface area contributed by atoms with Crippen LogP contribution in [0.2, 0.25) is 0 Å². The fourth-order valence-electron chi connectivity index (χ4n) is 4.79. The van der Waals surface area contributed by atoms with Crippen LogP contribution in [0.4, 0.5) is 26.7 Å². The van der Waals surface area contributed by atoms with Gasteiger partial charge in [0.15, 0.2) is 0 Å². The molecule has 0 bridgehead atoms. The predicted octanol–water partition coefficient (Wildman–Crippen LogP) is 4.65.